The van der Waals surface area contributed by atoms with Crippen LogP contribution in [0.15, 0.2) is 4.99 Å². The Morgan fingerprint density at radius 1 is 1.45 bits per heavy atom. The SMILES string of the molecule is CN=C(C)CI(C)CC(C)C. The summed E-state index contributed by atoms with van der Waals surface area (Å²) in [7, 11) is 1.90. The molecular weight excluding hydrogens is 249 g/mol. The maximum absolute atomic E-state index is 4.19. The van der Waals surface area contributed by atoms with Crippen molar-refractivity contribution in [2.24, 2.45) is 10.9 Å². The first kappa shape index (κ1) is 11.4. The van der Waals surface area contributed by atoms with Crippen LogP contribution in [0.25, 0.3) is 0 Å². The van der Waals surface area contributed by atoms with Crippen molar-refractivity contribution >= 4 is 25.5 Å². The Morgan fingerprint density at radius 2 is 2.00 bits per heavy atom. The molecule has 0 saturated carbocycles. The number of hydrogen-bond acceptors (Lipinski definition) is 1. The first-order valence-electron chi connectivity index (χ1n) is 4.00. The zero-order chi connectivity index (χ0) is 8.85. The Balaban J connectivity index is 3.60. The van der Waals surface area contributed by atoms with Gasteiger partial charge in [0.05, 0.1) is 0 Å². The van der Waals surface area contributed by atoms with Gasteiger partial charge >= 0.3 is 78.0 Å². The summed E-state index contributed by atoms with van der Waals surface area (Å²) in [6, 6.07) is 0. The van der Waals surface area contributed by atoms with Crippen LogP contribution >= 0.6 is 19.8 Å². The molecule has 0 aromatic carbocycles. The van der Waals surface area contributed by atoms with E-state index in [4.69, 9.17) is 0 Å². The third-order valence-electron chi connectivity index (χ3n) is 1.38. The van der Waals surface area contributed by atoms with Crippen LogP contribution < -0.4 is 0 Å². The first-order valence-corrected chi connectivity index (χ1v) is 9.21. The van der Waals surface area contributed by atoms with E-state index >= 15 is 0 Å². The molecule has 0 spiro atoms. The maximum atomic E-state index is 4.19. The van der Waals surface area contributed by atoms with Gasteiger partial charge in [0.2, 0.25) is 0 Å². The number of rotatable bonds is 4. The molecule has 0 atom stereocenters. The zero-order valence-corrected chi connectivity index (χ0v) is 10.5. The van der Waals surface area contributed by atoms with Crippen LogP contribution in [0.5, 0.6) is 0 Å². The fourth-order valence-electron chi connectivity index (χ4n) is 0.971. The van der Waals surface area contributed by atoms with E-state index in [2.05, 4.69) is 30.7 Å². The average Bonchev–Trinajstić information content (AvgIpc) is 1.85. The van der Waals surface area contributed by atoms with Crippen LogP contribution in [0.2, 0.25) is 0 Å². The molecule has 11 heavy (non-hydrogen) atoms. The molecule has 2 heteroatoms. The molecule has 0 fully saturated rings. The Labute approximate surface area is 78.1 Å². The van der Waals surface area contributed by atoms with Gasteiger partial charge in [-0.05, 0) is 0 Å². The molecule has 0 rings (SSSR count). The van der Waals surface area contributed by atoms with E-state index in [9.17, 15) is 0 Å². The third-order valence-corrected chi connectivity index (χ3v) is 7.05. The monoisotopic (exact) mass is 269 g/mol. The van der Waals surface area contributed by atoms with Crippen molar-refractivity contribution in [3.05, 3.63) is 0 Å². The molecule has 0 bridgehead atoms. The fourth-order valence-corrected chi connectivity index (χ4v) is 6.52. The van der Waals surface area contributed by atoms with Crippen molar-refractivity contribution < 1.29 is 0 Å². The number of aliphatic imine (C=N–C) groups is 1. The summed E-state index contributed by atoms with van der Waals surface area (Å²) in [6.45, 7) is 6.77. The van der Waals surface area contributed by atoms with Crippen LogP contribution in [0.4, 0.5) is 0 Å². The molecule has 0 aromatic heterocycles. The van der Waals surface area contributed by atoms with Crippen molar-refractivity contribution in [1.82, 2.24) is 0 Å². The molecule has 0 amide bonds. The average molecular weight is 269 g/mol. The number of hydrogen-bond donors (Lipinski definition) is 0. The standard InChI is InChI=1S/C9H20IN/c1-8(2)6-10(4)7-9(3)11-5/h8H,6-7H2,1-5H3. The Bertz CT molecular complexity index is 130. The minimum atomic E-state index is -0.627. The minimum absolute atomic E-state index is 0.627. The van der Waals surface area contributed by atoms with Crippen molar-refractivity contribution in [2.45, 2.75) is 20.8 Å². The quantitative estimate of drug-likeness (QED) is 0.423. The van der Waals surface area contributed by atoms with Gasteiger partial charge in [-0.3, -0.25) is 0 Å². The molecule has 68 valence electrons. The molecule has 0 aliphatic heterocycles. The fraction of sp³-hybridized carbons (Fsp3) is 0.889. The van der Waals surface area contributed by atoms with Gasteiger partial charge in [-0.1, -0.05) is 0 Å². The summed E-state index contributed by atoms with van der Waals surface area (Å²) in [6.07, 6.45) is 0. The predicted molar refractivity (Wildman–Crippen MR) is 63.5 cm³/mol. The van der Waals surface area contributed by atoms with E-state index < -0.39 is 19.8 Å². The van der Waals surface area contributed by atoms with Crippen LogP contribution in [-0.4, -0.2) is 26.5 Å². The number of halogens is 1. The van der Waals surface area contributed by atoms with E-state index in [0.717, 1.165) is 5.92 Å². The molecular formula is C9H20IN. The van der Waals surface area contributed by atoms with Gasteiger partial charge in [0.25, 0.3) is 0 Å². The van der Waals surface area contributed by atoms with Gasteiger partial charge in [0.1, 0.15) is 0 Å². The van der Waals surface area contributed by atoms with Crippen molar-refractivity contribution in [3.8, 4) is 0 Å². The molecule has 0 saturated heterocycles. The second kappa shape index (κ2) is 5.98. The van der Waals surface area contributed by atoms with Gasteiger partial charge in [-0.25, -0.2) is 0 Å². The zero-order valence-electron chi connectivity index (χ0n) is 8.32. The summed E-state index contributed by atoms with van der Waals surface area (Å²) >= 11 is -0.627. The number of nitrogens with zero attached hydrogens (tertiary/aromatic N) is 1. The Hall–Kier alpha value is 0.400. The van der Waals surface area contributed by atoms with E-state index in [-0.39, 0.29) is 0 Å². The van der Waals surface area contributed by atoms with E-state index in [1.165, 1.54) is 14.6 Å². The summed E-state index contributed by atoms with van der Waals surface area (Å²) in [5.74, 6) is 0.884. The van der Waals surface area contributed by atoms with Gasteiger partial charge in [-0.15, -0.1) is 0 Å². The van der Waals surface area contributed by atoms with E-state index in [1.54, 1.807) is 0 Å². The molecule has 0 heterocycles. The summed E-state index contributed by atoms with van der Waals surface area (Å²) in [5, 5.41) is 0. The topological polar surface area (TPSA) is 12.4 Å². The van der Waals surface area contributed by atoms with Crippen molar-refractivity contribution in [2.75, 3.05) is 20.8 Å². The van der Waals surface area contributed by atoms with Crippen LogP contribution in [0.1, 0.15) is 20.8 Å². The van der Waals surface area contributed by atoms with Crippen LogP contribution in [0.3, 0.4) is 0 Å². The third kappa shape index (κ3) is 6.78. The van der Waals surface area contributed by atoms with Gasteiger partial charge in [0.15, 0.2) is 0 Å². The van der Waals surface area contributed by atoms with Crippen molar-refractivity contribution in [3.63, 3.8) is 0 Å². The van der Waals surface area contributed by atoms with Gasteiger partial charge < -0.3 is 0 Å². The molecule has 0 aliphatic carbocycles. The van der Waals surface area contributed by atoms with Crippen LogP contribution in [-0.2, 0) is 0 Å². The van der Waals surface area contributed by atoms with Gasteiger partial charge in [-0.2, -0.15) is 0 Å². The first-order chi connectivity index (χ1) is 5.06. The summed E-state index contributed by atoms with van der Waals surface area (Å²) < 4.78 is 2.79. The van der Waals surface area contributed by atoms with Gasteiger partial charge in [0, 0.05) is 0 Å². The van der Waals surface area contributed by atoms with E-state index in [1.807, 2.05) is 7.05 Å². The second-order valence-electron chi connectivity index (χ2n) is 3.36. The molecule has 0 aromatic rings. The molecule has 0 unspecified atom stereocenters. The molecule has 0 aliphatic rings. The van der Waals surface area contributed by atoms with Crippen molar-refractivity contribution in [1.29, 1.82) is 0 Å². The molecule has 0 radical (unpaired) electrons. The number of alkyl halides is 3. The molecule has 1 nitrogen and oxygen atoms in total. The summed E-state index contributed by atoms with van der Waals surface area (Å²) in [5.41, 5.74) is 1.35. The Morgan fingerprint density at radius 3 is 2.36 bits per heavy atom. The summed E-state index contributed by atoms with van der Waals surface area (Å²) in [4.78, 5) is 6.65. The normalized spacial score (nSPS) is 14.0. The molecule has 0 N–H and O–H groups in total. The Kier molecular flexibility index (Phi) is 6.19. The predicted octanol–water partition coefficient (Wildman–Crippen LogP) is 2.87. The van der Waals surface area contributed by atoms with E-state index in [0.29, 0.717) is 0 Å². The second-order valence-corrected chi connectivity index (χ2v) is 9.14. The van der Waals surface area contributed by atoms with Crippen LogP contribution in [0, 0.1) is 5.92 Å².